The first-order valence-corrected chi connectivity index (χ1v) is 9.29. The van der Waals surface area contributed by atoms with Crippen molar-refractivity contribution in [3.63, 3.8) is 0 Å². The molecule has 1 unspecified atom stereocenters. The summed E-state index contributed by atoms with van der Waals surface area (Å²) in [6.07, 6.45) is 3.74. The Morgan fingerprint density at radius 2 is 1.97 bits per heavy atom. The Hall–Kier alpha value is -3.74. The normalized spacial score (nSPS) is 14.6. The minimum atomic E-state index is -0.283. The molecule has 2 N–H and O–H groups in total. The molecule has 1 aliphatic rings. The summed E-state index contributed by atoms with van der Waals surface area (Å²) >= 11 is 0. The second-order valence-electron chi connectivity index (χ2n) is 7.00. The van der Waals surface area contributed by atoms with Crippen LogP contribution in [-0.2, 0) is 6.42 Å². The van der Waals surface area contributed by atoms with E-state index in [9.17, 15) is 4.39 Å². The Morgan fingerprint density at radius 3 is 2.83 bits per heavy atom. The monoisotopic (exact) mass is 387 g/mol. The number of nitrogen functional groups attached to an aromatic ring is 1. The first kappa shape index (κ1) is 17.4. The highest BCUT2D eigenvalue weighted by atomic mass is 19.1. The number of aromatic nitrogens is 4. The zero-order valence-corrected chi connectivity index (χ0v) is 15.7. The summed E-state index contributed by atoms with van der Waals surface area (Å²) in [4.78, 5) is 12.7. The molecule has 0 saturated carbocycles. The molecule has 0 amide bonds. The number of halogens is 1. The van der Waals surface area contributed by atoms with E-state index in [-0.39, 0.29) is 11.9 Å². The van der Waals surface area contributed by atoms with Gasteiger partial charge >= 0.3 is 0 Å². The van der Waals surface area contributed by atoms with E-state index in [0.29, 0.717) is 23.4 Å². The van der Waals surface area contributed by atoms with Crippen LogP contribution in [0.15, 0.2) is 66.9 Å². The topological polar surface area (TPSA) is 78.9 Å². The van der Waals surface area contributed by atoms with Gasteiger partial charge in [0.25, 0.3) is 0 Å². The Morgan fingerprint density at radius 1 is 1.10 bits per heavy atom. The van der Waals surface area contributed by atoms with E-state index in [1.54, 1.807) is 12.4 Å². The largest absolute Gasteiger partial charge is 0.459 e. The second kappa shape index (κ2) is 6.70. The van der Waals surface area contributed by atoms with Crippen molar-refractivity contribution in [2.45, 2.75) is 19.4 Å². The number of rotatable bonds is 3. The summed E-state index contributed by atoms with van der Waals surface area (Å²) in [6, 6.07) is 14.2. The summed E-state index contributed by atoms with van der Waals surface area (Å²) in [6.45, 7) is 2.00. The Balaban J connectivity index is 1.68. The maximum Gasteiger partial charge on any atom is 0.166 e. The van der Waals surface area contributed by atoms with Gasteiger partial charge in [-0.2, -0.15) is 0 Å². The van der Waals surface area contributed by atoms with E-state index in [1.807, 2.05) is 41.8 Å². The Labute approximate surface area is 166 Å². The third-order valence-corrected chi connectivity index (χ3v) is 5.21. The molecule has 144 valence electrons. The van der Waals surface area contributed by atoms with Crippen LogP contribution < -0.4 is 10.5 Å². The number of anilines is 1. The predicted octanol–water partition coefficient (Wildman–Crippen LogP) is 4.16. The lowest BCUT2D eigenvalue weighted by molar-refractivity contribution is 0.349. The molecule has 7 heteroatoms. The number of para-hydroxylation sites is 1. The molecule has 6 nitrogen and oxygen atoms in total. The highest BCUT2D eigenvalue weighted by Crippen LogP contribution is 2.39. The van der Waals surface area contributed by atoms with Gasteiger partial charge in [-0.25, -0.2) is 19.3 Å². The molecule has 1 atom stereocenters. The fraction of sp³-hybridized carbons (Fsp3) is 0.136. The quantitative estimate of drug-likeness (QED) is 0.571. The molecular formula is C22H18FN5O. The van der Waals surface area contributed by atoms with Gasteiger partial charge in [0, 0.05) is 12.0 Å². The van der Waals surface area contributed by atoms with Crippen LogP contribution in [0.4, 0.5) is 10.2 Å². The molecule has 0 fully saturated rings. The van der Waals surface area contributed by atoms with Crippen LogP contribution in [0, 0.1) is 5.82 Å². The van der Waals surface area contributed by atoms with Crippen molar-refractivity contribution in [3.8, 4) is 5.75 Å². The minimum Gasteiger partial charge on any atom is -0.459 e. The molecule has 3 heterocycles. The van der Waals surface area contributed by atoms with Crippen molar-refractivity contribution in [3.05, 3.63) is 83.9 Å². The second-order valence-corrected chi connectivity index (χ2v) is 7.00. The fourth-order valence-corrected chi connectivity index (χ4v) is 3.74. The summed E-state index contributed by atoms with van der Waals surface area (Å²) in [5.41, 5.74) is 9.88. The number of ether oxygens (including phenoxy) is 1. The summed E-state index contributed by atoms with van der Waals surface area (Å²) in [5, 5.41) is 0. The van der Waals surface area contributed by atoms with Gasteiger partial charge in [0.15, 0.2) is 11.5 Å². The third kappa shape index (κ3) is 2.91. The van der Waals surface area contributed by atoms with Crippen LogP contribution in [0.1, 0.15) is 24.1 Å². The number of hydrogen-bond acceptors (Lipinski definition) is 5. The number of imidazole rings is 1. The van der Waals surface area contributed by atoms with Crippen LogP contribution in [0.3, 0.4) is 0 Å². The molecule has 0 aliphatic carbocycles. The Kier molecular flexibility index (Phi) is 4.01. The van der Waals surface area contributed by atoms with Crippen LogP contribution in [0.2, 0.25) is 0 Å². The smallest absolute Gasteiger partial charge is 0.166 e. The van der Waals surface area contributed by atoms with E-state index in [1.165, 1.54) is 18.5 Å². The summed E-state index contributed by atoms with van der Waals surface area (Å²) in [5.74, 6) is 1.57. The first-order chi connectivity index (χ1) is 14.1. The lowest BCUT2D eigenvalue weighted by Crippen LogP contribution is -2.19. The number of nitrogens with two attached hydrogens (primary N) is 1. The summed E-state index contributed by atoms with van der Waals surface area (Å²) < 4.78 is 22.2. The number of allylic oxidation sites excluding steroid dienone is 2. The van der Waals surface area contributed by atoms with Crippen molar-refractivity contribution in [1.82, 2.24) is 19.5 Å². The number of hydrogen-bond donors (Lipinski definition) is 1. The van der Waals surface area contributed by atoms with E-state index in [4.69, 9.17) is 10.5 Å². The molecule has 0 radical (unpaired) electrons. The van der Waals surface area contributed by atoms with E-state index >= 15 is 0 Å². The maximum absolute atomic E-state index is 14.0. The maximum atomic E-state index is 14.0. The molecular weight excluding hydrogens is 369 g/mol. The van der Waals surface area contributed by atoms with Crippen molar-refractivity contribution < 1.29 is 9.13 Å². The van der Waals surface area contributed by atoms with Gasteiger partial charge in [-0.05, 0) is 36.2 Å². The van der Waals surface area contributed by atoms with Crippen molar-refractivity contribution in [2.24, 2.45) is 0 Å². The zero-order valence-electron chi connectivity index (χ0n) is 15.7. The van der Waals surface area contributed by atoms with Crippen LogP contribution in [0.5, 0.6) is 5.75 Å². The molecule has 0 bridgehead atoms. The molecule has 2 aromatic carbocycles. The predicted molar refractivity (Wildman–Crippen MR) is 109 cm³/mol. The van der Waals surface area contributed by atoms with E-state index in [0.717, 1.165) is 28.2 Å². The van der Waals surface area contributed by atoms with Crippen LogP contribution >= 0.6 is 0 Å². The van der Waals surface area contributed by atoms with Gasteiger partial charge in [0.2, 0.25) is 0 Å². The van der Waals surface area contributed by atoms with Crippen molar-refractivity contribution in [1.29, 1.82) is 0 Å². The molecule has 0 saturated heterocycles. The standard InChI is InChI=1S/C22H18FN5O/c1-13(28-12-27-19-21(24)25-11-26-22(19)28)20-17(14-6-4-7-16(23)9-14)10-15-5-2-3-8-18(15)29-20/h2-9,11-13H,10H2,1H3,(H2,24,25,26). The van der Waals surface area contributed by atoms with Crippen LogP contribution in [-0.4, -0.2) is 19.5 Å². The SMILES string of the molecule is CC(C1=C(c2cccc(F)c2)Cc2ccccc2O1)n1cnc2c(N)ncnc21. The molecule has 2 aromatic heterocycles. The number of fused-ring (bicyclic) bond motifs is 2. The molecule has 0 spiro atoms. The summed E-state index contributed by atoms with van der Waals surface area (Å²) in [7, 11) is 0. The number of nitrogens with zero attached hydrogens (tertiary/aromatic N) is 4. The Bertz CT molecular complexity index is 1260. The first-order valence-electron chi connectivity index (χ1n) is 9.29. The van der Waals surface area contributed by atoms with Gasteiger partial charge in [-0.3, -0.25) is 0 Å². The lowest BCUT2D eigenvalue weighted by atomic mass is 9.92. The number of benzene rings is 2. The van der Waals surface area contributed by atoms with Crippen LogP contribution in [0.25, 0.3) is 16.7 Å². The molecule has 4 aromatic rings. The highest BCUT2D eigenvalue weighted by molar-refractivity contribution is 5.81. The third-order valence-electron chi connectivity index (χ3n) is 5.21. The van der Waals surface area contributed by atoms with Gasteiger partial charge in [0.1, 0.15) is 29.2 Å². The zero-order chi connectivity index (χ0) is 20.0. The van der Waals surface area contributed by atoms with Gasteiger partial charge < -0.3 is 15.0 Å². The lowest BCUT2D eigenvalue weighted by Gasteiger charge is -2.28. The van der Waals surface area contributed by atoms with Gasteiger partial charge in [-0.15, -0.1) is 0 Å². The minimum absolute atomic E-state index is 0.235. The van der Waals surface area contributed by atoms with Crippen molar-refractivity contribution in [2.75, 3.05) is 5.73 Å². The van der Waals surface area contributed by atoms with Crippen molar-refractivity contribution >= 4 is 22.6 Å². The average Bonchev–Trinajstić information content (AvgIpc) is 3.18. The van der Waals surface area contributed by atoms with Gasteiger partial charge in [-0.1, -0.05) is 30.3 Å². The van der Waals surface area contributed by atoms with Gasteiger partial charge in [0.05, 0.1) is 12.4 Å². The van der Waals surface area contributed by atoms with E-state index in [2.05, 4.69) is 15.0 Å². The molecule has 5 rings (SSSR count). The molecule has 1 aliphatic heterocycles. The molecule has 29 heavy (non-hydrogen) atoms. The van der Waals surface area contributed by atoms with E-state index < -0.39 is 0 Å². The fourth-order valence-electron chi connectivity index (χ4n) is 3.74. The highest BCUT2D eigenvalue weighted by Gasteiger charge is 2.27. The average molecular weight is 387 g/mol.